The van der Waals surface area contributed by atoms with Crippen molar-refractivity contribution in [3.8, 4) is 0 Å². The first-order chi connectivity index (χ1) is 8.76. The number of carboxylic acids is 1. The molecule has 0 saturated carbocycles. The number of carbonyl (C=O) groups is 1. The van der Waals surface area contributed by atoms with Gasteiger partial charge in [0, 0.05) is 6.42 Å². The van der Waals surface area contributed by atoms with Crippen molar-refractivity contribution in [1.29, 1.82) is 0 Å². The van der Waals surface area contributed by atoms with E-state index >= 15 is 0 Å². The fourth-order valence-corrected chi connectivity index (χ4v) is 2.08. The van der Waals surface area contributed by atoms with Crippen LogP contribution in [0.15, 0.2) is 0 Å². The molecule has 0 aromatic heterocycles. The summed E-state index contributed by atoms with van der Waals surface area (Å²) in [6.07, 6.45) is -6.58. The van der Waals surface area contributed by atoms with Crippen molar-refractivity contribution >= 4 is 5.97 Å². The first-order valence-electron chi connectivity index (χ1n) is 5.72. The summed E-state index contributed by atoms with van der Waals surface area (Å²) in [6.45, 7) is -0.779. The smallest absolute Gasteiger partial charge is 0.364 e. The molecule has 9 nitrogen and oxygen atoms in total. The van der Waals surface area contributed by atoms with E-state index in [9.17, 15) is 25.2 Å². The average Bonchev–Trinajstić information content (AvgIpc) is 2.36. The van der Waals surface area contributed by atoms with E-state index < -0.39 is 55.2 Å². The second kappa shape index (κ2) is 6.09. The van der Waals surface area contributed by atoms with E-state index in [-0.39, 0.29) is 0 Å². The number of nitrogens with one attached hydrogen (secondary N) is 1. The Morgan fingerprint density at radius 3 is 2.53 bits per heavy atom. The van der Waals surface area contributed by atoms with Crippen molar-refractivity contribution in [3.05, 3.63) is 0 Å². The van der Waals surface area contributed by atoms with Gasteiger partial charge in [0.2, 0.25) is 0 Å². The lowest BCUT2D eigenvalue weighted by Gasteiger charge is -2.44. The number of hydrogen-bond acceptors (Lipinski definition) is 8. The van der Waals surface area contributed by atoms with Crippen molar-refractivity contribution in [1.82, 2.24) is 5.32 Å². The fourth-order valence-electron chi connectivity index (χ4n) is 2.08. The molecule has 0 aromatic carbocycles. The number of aliphatic hydroxyl groups excluding tert-OH is 4. The molecule has 1 fully saturated rings. The van der Waals surface area contributed by atoms with Gasteiger partial charge in [-0.2, -0.15) is 0 Å². The molecule has 1 saturated heterocycles. The van der Waals surface area contributed by atoms with Gasteiger partial charge in [-0.05, 0) is 7.05 Å². The summed E-state index contributed by atoms with van der Waals surface area (Å²) in [5.41, 5.74) is 0. The molecule has 0 bridgehead atoms. The van der Waals surface area contributed by atoms with Crippen molar-refractivity contribution in [2.45, 2.75) is 42.7 Å². The highest BCUT2D eigenvalue weighted by Gasteiger charge is 2.53. The van der Waals surface area contributed by atoms with Gasteiger partial charge in [-0.25, -0.2) is 4.79 Å². The third-order valence-corrected chi connectivity index (χ3v) is 3.17. The van der Waals surface area contributed by atoms with Crippen LogP contribution in [0, 0.1) is 0 Å². The van der Waals surface area contributed by atoms with Crippen LogP contribution >= 0.6 is 0 Å². The average molecular weight is 281 g/mol. The summed E-state index contributed by atoms with van der Waals surface area (Å²) in [4.78, 5) is 10.9. The van der Waals surface area contributed by atoms with Crippen molar-refractivity contribution in [2.24, 2.45) is 0 Å². The molecular formula is C10H19NO8. The quantitative estimate of drug-likeness (QED) is 0.268. The van der Waals surface area contributed by atoms with E-state index in [1.807, 2.05) is 0 Å². The maximum atomic E-state index is 10.9. The normalized spacial score (nSPS) is 38.7. The van der Waals surface area contributed by atoms with Crippen LogP contribution in [-0.4, -0.2) is 86.5 Å². The summed E-state index contributed by atoms with van der Waals surface area (Å²) in [5, 5.41) is 59.0. The van der Waals surface area contributed by atoms with E-state index in [4.69, 9.17) is 14.9 Å². The highest BCUT2D eigenvalue weighted by molar-refractivity contribution is 5.75. The number of likely N-dealkylation sites (N-methyl/N-ethyl adjacent to an activating group) is 1. The molecule has 112 valence electrons. The molecule has 0 spiro atoms. The minimum Gasteiger partial charge on any atom is -0.477 e. The maximum Gasteiger partial charge on any atom is 0.364 e. The predicted molar refractivity (Wildman–Crippen MR) is 60.0 cm³/mol. The van der Waals surface area contributed by atoms with Gasteiger partial charge in [-0.3, -0.25) is 0 Å². The Bertz CT molecular complexity index is 327. The third-order valence-electron chi connectivity index (χ3n) is 3.17. The molecule has 1 heterocycles. The molecule has 9 heteroatoms. The molecule has 1 aliphatic heterocycles. The Morgan fingerprint density at radius 2 is 2.11 bits per heavy atom. The highest BCUT2D eigenvalue weighted by atomic mass is 16.7. The second-order valence-corrected chi connectivity index (χ2v) is 4.50. The summed E-state index contributed by atoms with van der Waals surface area (Å²) < 4.78 is 4.91. The van der Waals surface area contributed by atoms with Gasteiger partial charge in [0.1, 0.15) is 18.3 Å². The van der Waals surface area contributed by atoms with Gasteiger partial charge >= 0.3 is 5.97 Å². The van der Waals surface area contributed by atoms with Gasteiger partial charge in [0.15, 0.2) is 0 Å². The highest BCUT2D eigenvalue weighted by Crippen LogP contribution is 2.30. The molecule has 1 aliphatic rings. The second-order valence-electron chi connectivity index (χ2n) is 4.50. The van der Waals surface area contributed by atoms with Crippen LogP contribution in [0.2, 0.25) is 0 Å². The molecule has 6 atom stereocenters. The van der Waals surface area contributed by atoms with E-state index in [1.165, 1.54) is 7.05 Å². The molecule has 1 rings (SSSR count). The number of carboxylic acid groups (broad SMARTS) is 1. The van der Waals surface area contributed by atoms with Gasteiger partial charge < -0.3 is 40.7 Å². The van der Waals surface area contributed by atoms with Crippen LogP contribution in [0.3, 0.4) is 0 Å². The Hall–Kier alpha value is -0.810. The summed E-state index contributed by atoms with van der Waals surface area (Å²) in [7, 11) is 1.44. The Balaban J connectivity index is 2.99. The van der Waals surface area contributed by atoms with Gasteiger partial charge in [-0.1, -0.05) is 0 Å². The van der Waals surface area contributed by atoms with Gasteiger partial charge in [0.25, 0.3) is 5.79 Å². The minimum atomic E-state index is -2.66. The molecular weight excluding hydrogens is 262 g/mol. The van der Waals surface area contributed by atoms with E-state index in [2.05, 4.69) is 5.32 Å². The van der Waals surface area contributed by atoms with Crippen LogP contribution in [-0.2, 0) is 9.53 Å². The lowest BCUT2D eigenvalue weighted by Crippen LogP contribution is -2.66. The molecule has 6 unspecified atom stereocenters. The molecule has 0 aromatic rings. The number of hydrogen-bond donors (Lipinski definition) is 7. The zero-order valence-electron chi connectivity index (χ0n) is 10.3. The van der Waals surface area contributed by atoms with Crippen LogP contribution in [0.25, 0.3) is 0 Å². The molecule has 0 radical (unpaired) electrons. The minimum absolute atomic E-state index is 0.591. The first-order valence-corrected chi connectivity index (χ1v) is 5.72. The van der Waals surface area contributed by atoms with Crippen LogP contribution in [0.5, 0.6) is 0 Å². The largest absolute Gasteiger partial charge is 0.477 e. The summed E-state index contributed by atoms with van der Waals surface area (Å²) in [6, 6.07) is -0.907. The fraction of sp³-hybridized carbons (Fsp3) is 0.900. The standard InChI is InChI=1S/C10H19NO8/c1-11-6-4(13)2-10(18,9(16)17)19-8(6)7(15)5(14)3-12/h4-8,11-15,18H,2-3H2,1H3,(H,16,17). The Morgan fingerprint density at radius 1 is 1.53 bits per heavy atom. The molecule has 0 amide bonds. The first kappa shape index (κ1) is 16.2. The monoisotopic (exact) mass is 281 g/mol. The van der Waals surface area contributed by atoms with Crippen molar-refractivity contribution < 1.29 is 40.2 Å². The zero-order chi connectivity index (χ0) is 14.8. The zero-order valence-corrected chi connectivity index (χ0v) is 10.3. The van der Waals surface area contributed by atoms with Gasteiger partial charge in [0.05, 0.1) is 18.8 Å². The third kappa shape index (κ3) is 3.20. The predicted octanol–water partition coefficient (Wildman–Crippen LogP) is -3.79. The maximum absolute atomic E-state index is 10.9. The van der Waals surface area contributed by atoms with E-state index in [0.717, 1.165) is 0 Å². The van der Waals surface area contributed by atoms with Crippen LogP contribution in [0.1, 0.15) is 6.42 Å². The van der Waals surface area contributed by atoms with Crippen LogP contribution < -0.4 is 5.32 Å². The van der Waals surface area contributed by atoms with Crippen molar-refractivity contribution in [3.63, 3.8) is 0 Å². The lowest BCUT2D eigenvalue weighted by molar-refractivity contribution is -0.295. The van der Waals surface area contributed by atoms with E-state index in [1.54, 1.807) is 0 Å². The number of rotatable bonds is 5. The SMILES string of the molecule is CNC1C(O)CC(O)(C(=O)O)OC1C(O)C(O)CO. The Labute approximate surface area is 109 Å². The Kier molecular flexibility index (Phi) is 5.21. The number of aliphatic carboxylic acids is 1. The van der Waals surface area contributed by atoms with E-state index in [0.29, 0.717) is 0 Å². The lowest BCUT2D eigenvalue weighted by atomic mass is 9.89. The number of ether oxygens (including phenoxy) is 1. The van der Waals surface area contributed by atoms with Crippen molar-refractivity contribution in [2.75, 3.05) is 13.7 Å². The molecule has 0 aliphatic carbocycles. The molecule has 7 N–H and O–H groups in total. The molecule has 19 heavy (non-hydrogen) atoms. The van der Waals surface area contributed by atoms with Crippen LogP contribution in [0.4, 0.5) is 0 Å². The van der Waals surface area contributed by atoms with Gasteiger partial charge in [-0.15, -0.1) is 0 Å². The summed E-state index contributed by atoms with van der Waals surface area (Å²) in [5.74, 6) is -4.37. The summed E-state index contributed by atoms with van der Waals surface area (Å²) >= 11 is 0. The topological polar surface area (TPSA) is 160 Å². The number of aliphatic hydroxyl groups is 5.